The predicted molar refractivity (Wildman–Crippen MR) is 72.7 cm³/mol. The van der Waals surface area contributed by atoms with Crippen LogP contribution in [0.4, 0.5) is 13.2 Å². The molecule has 1 amide bonds. The molecule has 0 heterocycles. The molecule has 0 spiro atoms. The number of hydrogen-bond acceptors (Lipinski definition) is 3. The molecule has 0 saturated heterocycles. The summed E-state index contributed by atoms with van der Waals surface area (Å²) in [4.78, 5) is 24.6. The van der Waals surface area contributed by atoms with Gasteiger partial charge in [0.2, 0.25) is 0 Å². The number of carbonyl (C=O) groups is 2. The van der Waals surface area contributed by atoms with Crippen molar-refractivity contribution in [2.45, 2.75) is 13.1 Å². The Morgan fingerprint density at radius 3 is 2.43 bits per heavy atom. The third kappa shape index (κ3) is 4.45. The lowest BCUT2D eigenvalue weighted by molar-refractivity contribution is -0.141. The number of rotatable bonds is 4. The highest BCUT2D eigenvalue weighted by molar-refractivity contribution is 9.10. The molecule has 0 fully saturated rings. The molecule has 1 aromatic rings. The van der Waals surface area contributed by atoms with Gasteiger partial charge in [0, 0.05) is 11.0 Å². The Labute approximate surface area is 128 Å². The van der Waals surface area contributed by atoms with E-state index in [0.29, 0.717) is 0 Å². The number of ether oxygens (including phenoxy) is 1. The molecule has 21 heavy (non-hydrogen) atoms. The fourth-order valence-corrected chi connectivity index (χ4v) is 2.00. The molecule has 0 bridgehead atoms. The molecule has 8 heteroatoms. The van der Waals surface area contributed by atoms with E-state index < -0.39 is 23.6 Å². The standard InChI is InChI=1S/C13H13BrF3NO3/c1-3-18(7-11(19)21-2)12(20)9-6-8(13(15,16)17)4-5-10(9)14/h4-6H,3,7H2,1-2H3. The number of methoxy groups -OCH3 is 1. The van der Waals surface area contributed by atoms with Crippen molar-refractivity contribution in [2.24, 2.45) is 0 Å². The summed E-state index contributed by atoms with van der Waals surface area (Å²) in [6.45, 7) is 1.45. The largest absolute Gasteiger partial charge is 0.468 e. The Kier molecular flexibility index (Phi) is 5.77. The van der Waals surface area contributed by atoms with Gasteiger partial charge in [0.15, 0.2) is 0 Å². The van der Waals surface area contributed by atoms with Gasteiger partial charge in [0.25, 0.3) is 5.91 Å². The molecule has 0 saturated carbocycles. The van der Waals surface area contributed by atoms with E-state index in [1.54, 1.807) is 6.92 Å². The lowest BCUT2D eigenvalue weighted by atomic mass is 10.1. The van der Waals surface area contributed by atoms with E-state index in [2.05, 4.69) is 20.7 Å². The zero-order valence-corrected chi connectivity index (χ0v) is 12.9. The highest BCUT2D eigenvalue weighted by Gasteiger charge is 2.32. The van der Waals surface area contributed by atoms with Crippen LogP contribution in [0, 0.1) is 0 Å². The first kappa shape index (κ1) is 17.5. The summed E-state index contributed by atoms with van der Waals surface area (Å²) in [5, 5.41) is 0. The molecule has 0 unspecified atom stereocenters. The number of benzene rings is 1. The van der Waals surface area contributed by atoms with Gasteiger partial charge < -0.3 is 9.64 Å². The van der Waals surface area contributed by atoms with Crippen LogP contribution >= 0.6 is 15.9 Å². The van der Waals surface area contributed by atoms with Crippen molar-refractivity contribution in [1.82, 2.24) is 4.90 Å². The second-order valence-electron chi connectivity index (χ2n) is 4.09. The van der Waals surface area contributed by atoms with Crippen LogP contribution < -0.4 is 0 Å². The minimum Gasteiger partial charge on any atom is -0.468 e. The van der Waals surface area contributed by atoms with Gasteiger partial charge in [-0.25, -0.2) is 0 Å². The first-order valence-corrected chi connectivity index (χ1v) is 6.72. The Morgan fingerprint density at radius 2 is 1.95 bits per heavy atom. The summed E-state index contributed by atoms with van der Waals surface area (Å²) in [5.74, 6) is -1.32. The molecule has 116 valence electrons. The minimum atomic E-state index is -4.55. The van der Waals surface area contributed by atoms with Crippen molar-refractivity contribution in [3.8, 4) is 0 Å². The highest BCUT2D eigenvalue weighted by atomic mass is 79.9. The summed E-state index contributed by atoms with van der Waals surface area (Å²) < 4.78 is 42.8. The van der Waals surface area contributed by atoms with Gasteiger partial charge in [-0.3, -0.25) is 9.59 Å². The number of nitrogens with zero attached hydrogens (tertiary/aromatic N) is 1. The van der Waals surface area contributed by atoms with Crippen LogP contribution in [0.2, 0.25) is 0 Å². The van der Waals surface area contributed by atoms with Crippen LogP contribution in [0.1, 0.15) is 22.8 Å². The van der Waals surface area contributed by atoms with Crippen LogP contribution in [0.15, 0.2) is 22.7 Å². The third-order valence-electron chi connectivity index (χ3n) is 2.74. The van der Waals surface area contributed by atoms with E-state index in [-0.39, 0.29) is 23.1 Å². The zero-order chi connectivity index (χ0) is 16.2. The van der Waals surface area contributed by atoms with Crippen molar-refractivity contribution in [3.63, 3.8) is 0 Å². The molecular weight excluding hydrogens is 355 g/mol. The van der Waals surface area contributed by atoms with E-state index >= 15 is 0 Å². The zero-order valence-electron chi connectivity index (χ0n) is 11.3. The van der Waals surface area contributed by atoms with E-state index in [1.165, 1.54) is 7.11 Å². The summed E-state index contributed by atoms with van der Waals surface area (Å²) in [5.41, 5.74) is -1.08. The van der Waals surface area contributed by atoms with Crippen molar-refractivity contribution in [1.29, 1.82) is 0 Å². The van der Waals surface area contributed by atoms with Crippen LogP contribution in [0.3, 0.4) is 0 Å². The van der Waals surface area contributed by atoms with E-state index in [1.807, 2.05) is 0 Å². The molecule has 0 radical (unpaired) electrons. The van der Waals surface area contributed by atoms with Crippen molar-refractivity contribution in [2.75, 3.05) is 20.2 Å². The van der Waals surface area contributed by atoms with Gasteiger partial charge >= 0.3 is 12.1 Å². The Balaban J connectivity index is 3.13. The van der Waals surface area contributed by atoms with Crippen LogP contribution in [0.5, 0.6) is 0 Å². The lowest BCUT2D eigenvalue weighted by Crippen LogP contribution is -2.36. The second-order valence-corrected chi connectivity index (χ2v) is 4.94. The van der Waals surface area contributed by atoms with Gasteiger partial charge in [0.05, 0.1) is 18.2 Å². The SMILES string of the molecule is CCN(CC(=O)OC)C(=O)c1cc(C(F)(F)F)ccc1Br. The number of carbonyl (C=O) groups excluding carboxylic acids is 2. The smallest absolute Gasteiger partial charge is 0.416 e. The summed E-state index contributed by atoms with van der Waals surface area (Å²) in [7, 11) is 1.17. The molecule has 0 N–H and O–H groups in total. The topological polar surface area (TPSA) is 46.6 Å². The lowest BCUT2D eigenvalue weighted by Gasteiger charge is -2.20. The summed E-state index contributed by atoms with van der Waals surface area (Å²) in [6.07, 6.45) is -4.55. The van der Waals surface area contributed by atoms with Crippen LogP contribution in [-0.4, -0.2) is 37.0 Å². The van der Waals surface area contributed by atoms with Crippen LogP contribution in [-0.2, 0) is 15.7 Å². The maximum Gasteiger partial charge on any atom is 0.416 e. The molecule has 0 atom stereocenters. The second kappa shape index (κ2) is 6.93. The van der Waals surface area contributed by atoms with Gasteiger partial charge in [0.1, 0.15) is 6.54 Å². The monoisotopic (exact) mass is 367 g/mol. The molecular formula is C13H13BrF3NO3. The molecule has 0 aliphatic carbocycles. The van der Waals surface area contributed by atoms with Gasteiger partial charge in [-0.2, -0.15) is 13.2 Å². The van der Waals surface area contributed by atoms with Gasteiger partial charge in [-0.05, 0) is 41.1 Å². The first-order valence-electron chi connectivity index (χ1n) is 5.93. The summed E-state index contributed by atoms with van der Waals surface area (Å²) in [6, 6.07) is 2.78. The highest BCUT2D eigenvalue weighted by Crippen LogP contribution is 2.32. The summed E-state index contributed by atoms with van der Waals surface area (Å²) >= 11 is 3.05. The van der Waals surface area contributed by atoms with E-state index in [9.17, 15) is 22.8 Å². The molecule has 4 nitrogen and oxygen atoms in total. The average molecular weight is 368 g/mol. The predicted octanol–water partition coefficient (Wildman–Crippen LogP) is 3.10. The van der Waals surface area contributed by atoms with Crippen LogP contribution in [0.25, 0.3) is 0 Å². The van der Waals surface area contributed by atoms with Gasteiger partial charge in [-0.1, -0.05) is 0 Å². The molecule has 1 aromatic carbocycles. The van der Waals surface area contributed by atoms with E-state index in [0.717, 1.165) is 23.1 Å². The average Bonchev–Trinajstić information content (AvgIpc) is 2.42. The number of hydrogen-bond donors (Lipinski definition) is 0. The quantitative estimate of drug-likeness (QED) is 0.768. The Hall–Kier alpha value is -1.57. The van der Waals surface area contributed by atoms with Crippen molar-refractivity contribution < 1.29 is 27.5 Å². The maximum absolute atomic E-state index is 12.7. The Bertz CT molecular complexity index is 546. The number of likely N-dealkylation sites (N-methyl/N-ethyl adjacent to an activating group) is 1. The first-order chi connectivity index (χ1) is 9.70. The van der Waals surface area contributed by atoms with Crippen molar-refractivity contribution >= 4 is 27.8 Å². The molecule has 0 aromatic heterocycles. The van der Waals surface area contributed by atoms with Gasteiger partial charge in [-0.15, -0.1) is 0 Å². The molecule has 0 aliphatic heterocycles. The normalized spacial score (nSPS) is 11.1. The van der Waals surface area contributed by atoms with Crippen molar-refractivity contribution in [3.05, 3.63) is 33.8 Å². The number of alkyl halides is 3. The molecule has 0 aliphatic rings. The number of halogens is 4. The maximum atomic E-state index is 12.7. The fraction of sp³-hybridized carbons (Fsp3) is 0.385. The fourth-order valence-electron chi connectivity index (χ4n) is 1.58. The Morgan fingerprint density at radius 1 is 1.33 bits per heavy atom. The third-order valence-corrected chi connectivity index (χ3v) is 3.43. The minimum absolute atomic E-state index is 0.157. The number of amides is 1. The van der Waals surface area contributed by atoms with E-state index in [4.69, 9.17) is 0 Å². The number of esters is 1. The molecule has 1 rings (SSSR count).